The molecule has 1 aliphatic rings. The van der Waals surface area contributed by atoms with Gasteiger partial charge >= 0.3 is 0 Å². The SMILES string of the molecule is O=C(CSc1nnc(-c2cccnc2)n1C1CC1)Nc1ccc2ccccc2c1. The molecule has 0 atom stereocenters. The molecule has 144 valence electrons. The number of hydrogen-bond acceptors (Lipinski definition) is 5. The van der Waals surface area contributed by atoms with Crippen molar-refractivity contribution in [1.82, 2.24) is 19.7 Å². The topological polar surface area (TPSA) is 72.7 Å². The van der Waals surface area contributed by atoms with Crippen molar-refractivity contribution < 1.29 is 4.79 Å². The van der Waals surface area contributed by atoms with Gasteiger partial charge in [0.05, 0.1) is 5.75 Å². The van der Waals surface area contributed by atoms with Crippen molar-refractivity contribution in [2.24, 2.45) is 0 Å². The zero-order valence-corrected chi connectivity index (χ0v) is 16.5. The fourth-order valence-electron chi connectivity index (χ4n) is 3.32. The summed E-state index contributed by atoms with van der Waals surface area (Å²) in [4.78, 5) is 16.7. The molecule has 0 bridgehead atoms. The number of thioether (sulfide) groups is 1. The molecule has 0 saturated heterocycles. The minimum atomic E-state index is -0.0569. The number of fused-ring (bicyclic) bond motifs is 1. The third kappa shape index (κ3) is 3.86. The van der Waals surface area contributed by atoms with Crippen LogP contribution in [0, 0.1) is 0 Å². The number of hydrogen-bond donors (Lipinski definition) is 1. The molecule has 2 aromatic heterocycles. The van der Waals surface area contributed by atoms with E-state index in [4.69, 9.17) is 0 Å². The number of pyridine rings is 1. The fourth-order valence-corrected chi connectivity index (χ4v) is 4.13. The lowest BCUT2D eigenvalue weighted by atomic mass is 10.1. The Kier molecular flexibility index (Phi) is 4.73. The molecule has 1 aliphatic carbocycles. The maximum Gasteiger partial charge on any atom is 0.234 e. The monoisotopic (exact) mass is 401 g/mol. The van der Waals surface area contributed by atoms with E-state index in [1.54, 1.807) is 12.4 Å². The van der Waals surface area contributed by atoms with Gasteiger partial charge in [-0.25, -0.2) is 0 Å². The molecule has 0 aliphatic heterocycles. The molecule has 0 spiro atoms. The molecular formula is C22H19N5OS. The average Bonchev–Trinajstić information content (AvgIpc) is 3.51. The first-order valence-electron chi connectivity index (χ1n) is 9.55. The van der Waals surface area contributed by atoms with E-state index in [9.17, 15) is 4.79 Å². The number of carbonyl (C=O) groups excluding carboxylic acids is 1. The lowest BCUT2D eigenvalue weighted by Gasteiger charge is -2.09. The van der Waals surface area contributed by atoms with E-state index >= 15 is 0 Å². The minimum absolute atomic E-state index is 0.0569. The van der Waals surface area contributed by atoms with Gasteiger partial charge in [0.25, 0.3) is 0 Å². The van der Waals surface area contributed by atoms with Crippen LogP contribution in [0.3, 0.4) is 0 Å². The summed E-state index contributed by atoms with van der Waals surface area (Å²) in [6.45, 7) is 0. The number of benzene rings is 2. The van der Waals surface area contributed by atoms with E-state index in [0.717, 1.165) is 45.8 Å². The van der Waals surface area contributed by atoms with Gasteiger partial charge in [0.15, 0.2) is 11.0 Å². The second-order valence-electron chi connectivity index (χ2n) is 7.05. The molecule has 6 nitrogen and oxygen atoms in total. The standard InChI is InChI=1S/C22H19N5OS/c28-20(24-18-8-7-15-4-1-2-5-16(15)12-18)14-29-22-26-25-21(27(22)19-9-10-19)17-6-3-11-23-13-17/h1-8,11-13,19H,9-10,14H2,(H,24,28). The summed E-state index contributed by atoms with van der Waals surface area (Å²) in [7, 11) is 0. The minimum Gasteiger partial charge on any atom is -0.325 e. The molecule has 7 heteroatoms. The van der Waals surface area contributed by atoms with Crippen molar-refractivity contribution in [3.63, 3.8) is 0 Å². The smallest absolute Gasteiger partial charge is 0.234 e. The van der Waals surface area contributed by atoms with Gasteiger partial charge in [-0.2, -0.15) is 0 Å². The predicted molar refractivity (Wildman–Crippen MR) is 115 cm³/mol. The van der Waals surface area contributed by atoms with Gasteiger partial charge in [-0.05, 0) is 47.9 Å². The lowest BCUT2D eigenvalue weighted by molar-refractivity contribution is -0.113. The molecule has 1 fully saturated rings. The number of nitrogens with zero attached hydrogens (tertiary/aromatic N) is 4. The molecule has 2 heterocycles. The van der Waals surface area contributed by atoms with Crippen LogP contribution in [0.1, 0.15) is 18.9 Å². The summed E-state index contributed by atoms with van der Waals surface area (Å²) in [5.74, 6) is 1.04. The molecule has 5 rings (SSSR count). The molecule has 2 aromatic carbocycles. The average molecular weight is 401 g/mol. The van der Waals surface area contributed by atoms with Crippen molar-refractivity contribution in [2.75, 3.05) is 11.1 Å². The maximum absolute atomic E-state index is 12.5. The first-order chi connectivity index (χ1) is 14.3. The zero-order valence-electron chi connectivity index (χ0n) is 15.7. The van der Waals surface area contributed by atoms with E-state index < -0.39 is 0 Å². The molecule has 0 radical (unpaired) electrons. The van der Waals surface area contributed by atoms with Crippen molar-refractivity contribution in [2.45, 2.75) is 24.0 Å². The van der Waals surface area contributed by atoms with Gasteiger partial charge < -0.3 is 5.32 Å². The number of nitrogens with one attached hydrogen (secondary N) is 1. The Bertz CT molecular complexity index is 1170. The van der Waals surface area contributed by atoms with Crippen molar-refractivity contribution >= 4 is 34.1 Å². The number of anilines is 1. The summed E-state index contributed by atoms with van der Waals surface area (Å²) in [6.07, 6.45) is 5.77. The summed E-state index contributed by atoms with van der Waals surface area (Å²) >= 11 is 1.42. The Morgan fingerprint density at radius 1 is 1.07 bits per heavy atom. The van der Waals surface area contributed by atoms with E-state index in [0.29, 0.717) is 6.04 Å². The Hall–Kier alpha value is -3.19. The van der Waals surface area contributed by atoms with Crippen LogP contribution in [-0.4, -0.2) is 31.4 Å². The highest BCUT2D eigenvalue weighted by Gasteiger charge is 2.30. The van der Waals surface area contributed by atoms with Crippen LogP contribution in [0.15, 0.2) is 72.1 Å². The van der Waals surface area contributed by atoms with Crippen LogP contribution in [0.2, 0.25) is 0 Å². The van der Waals surface area contributed by atoms with Gasteiger partial charge in [0.2, 0.25) is 5.91 Å². The van der Waals surface area contributed by atoms with E-state index in [1.807, 2.05) is 48.5 Å². The fraction of sp³-hybridized carbons (Fsp3) is 0.182. The normalized spacial score (nSPS) is 13.5. The maximum atomic E-state index is 12.5. The van der Waals surface area contributed by atoms with E-state index in [-0.39, 0.29) is 11.7 Å². The summed E-state index contributed by atoms with van der Waals surface area (Å²) < 4.78 is 2.14. The van der Waals surface area contributed by atoms with Crippen molar-refractivity contribution in [3.05, 3.63) is 67.0 Å². The van der Waals surface area contributed by atoms with Crippen LogP contribution < -0.4 is 5.32 Å². The molecule has 1 N–H and O–H groups in total. The third-order valence-corrected chi connectivity index (χ3v) is 5.80. The third-order valence-electron chi connectivity index (χ3n) is 4.86. The highest BCUT2D eigenvalue weighted by atomic mass is 32.2. The van der Waals surface area contributed by atoms with Crippen LogP contribution in [0.25, 0.3) is 22.2 Å². The summed E-state index contributed by atoms with van der Waals surface area (Å²) in [5.41, 5.74) is 1.74. The van der Waals surface area contributed by atoms with Crippen LogP contribution in [-0.2, 0) is 4.79 Å². The molecule has 29 heavy (non-hydrogen) atoms. The number of rotatable bonds is 6. The summed E-state index contributed by atoms with van der Waals surface area (Å²) in [5, 5.41) is 14.7. The number of aromatic nitrogens is 4. The molecule has 1 saturated carbocycles. The van der Waals surface area contributed by atoms with Gasteiger partial charge in [0, 0.05) is 29.7 Å². The predicted octanol–water partition coefficient (Wildman–Crippen LogP) is 4.56. The largest absolute Gasteiger partial charge is 0.325 e. The molecular weight excluding hydrogens is 382 g/mol. The first kappa shape index (κ1) is 17.9. The lowest BCUT2D eigenvalue weighted by Crippen LogP contribution is -2.14. The Morgan fingerprint density at radius 3 is 2.72 bits per heavy atom. The quantitative estimate of drug-likeness (QED) is 0.480. The second-order valence-corrected chi connectivity index (χ2v) is 7.99. The van der Waals surface area contributed by atoms with Gasteiger partial charge in [-0.3, -0.25) is 14.3 Å². The number of amides is 1. The van der Waals surface area contributed by atoms with Crippen molar-refractivity contribution in [3.8, 4) is 11.4 Å². The van der Waals surface area contributed by atoms with E-state index in [2.05, 4.69) is 31.1 Å². The first-order valence-corrected chi connectivity index (χ1v) is 10.5. The van der Waals surface area contributed by atoms with Crippen LogP contribution >= 0.6 is 11.8 Å². The van der Waals surface area contributed by atoms with E-state index in [1.165, 1.54) is 11.8 Å². The van der Waals surface area contributed by atoms with Gasteiger partial charge in [-0.15, -0.1) is 10.2 Å². The Morgan fingerprint density at radius 2 is 1.93 bits per heavy atom. The number of carbonyl (C=O) groups is 1. The van der Waals surface area contributed by atoms with Gasteiger partial charge in [0.1, 0.15) is 0 Å². The second kappa shape index (κ2) is 7.67. The van der Waals surface area contributed by atoms with Crippen molar-refractivity contribution in [1.29, 1.82) is 0 Å². The molecule has 4 aromatic rings. The Labute approximate surface area is 172 Å². The van der Waals surface area contributed by atoms with Crippen LogP contribution in [0.4, 0.5) is 5.69 Å². The molecule has 0 unspecified atom stereocenters. The highest BCUT2D eigenvalue weighted by Crippen LogP contribution is 2.40. The van der Waals surface area contributed by atoms with Crippen LogP contribution in [0.5, 0.6) is 0 Å². The molecule has 1 amide bonds. The highest BCUT2D eigenvalue weighted by molar-refractivity contribution is 7.99. The Balaban J connectivity index is 1.29. The van der Waals surface area contributed by atoms with Gasteiger partial charge in [-0.1, -0.05) is 42.1 Å². The summed E-state index contributed by atoms with van der Waals surface area (Å²) in [6, 6.07) is 18.3. The zero-order chi connectivity index (χ0) is 19.6.